The molecule has 0 fully saturated rings. The van der Waals surface area contributed by atoms with Crippen molar-refractivity contribution in [3.63, 3.8) is 0 Å². The highest BCUT2D eigenvalue weighted by Crippen LogP contribution is 2.38. The number of carbonyl (C=O) groups is 1. The van der Waals surface area contributed by atoms with Gasteiger partial charge in [0.15, 0.2) is 0 Å². The topological polar surface area (TPSA) is 57.0 Å². The molecule has 0 saturated carbocycles. The average Bonchev–Trinajstić information content (AvgIpc) is 3.23. The van der Waals surface area contributed by atoms with Gasteiger partial charge in [-0.2, -0.15) is 0 Å². The van der Waals surface area contributed by atoms with E-state index in [0.717, 1.165) is 39.1 Å². The van der Waals surface area contributed by atoms with E-state index in [9.17, 15) is 4.79 Å². The Balaban J connectivity index is 2.13. The SMILES string of the molecule is CCn1nnc2c(C)c(C(CC(=O)OC)c3cc(CCl)c(C)s3)ccc21. The number of alkyl halides is 1. The number of nitrogens with zero attached hydrogens (tertiary/aromatic N) is 3. The summed E-state index contributed by atoms with van der Waals surface area (Å²) >= 11 is 7.74. The van der Waals surface area contributed by atoms with Crippen molar-refractivity contribution in [2.24, 2.45) is 0 Å². The van der Waals surface area contributed by atoms with Crippen LogP contribution >= 0.6 is 22.9 Å². The van der Waals surface area contributed by atoms with Crippen molar-refractivity contribution in [1.29, 1.82) is 0 Å². The van der Waals surface area contributed by atoms with Gasteiger partial charge >= 0.3 is 5.97 Å². The van der Waals surface area contributed by atoms with Crippen LogP contribution in [0.2, 0.25) is 0 Å². The van der Waals surface area contributed by atoms with Crippen LogP contribution in [0.1, 0.15) is 45.7 Å². The molecule has 2 aromatic heterocycles. The Morgan fingerprint density at radius 2 is 2.15 bits per heavy atom. The standard InChI is InChI=1S/C19H22ClN3O2S/c1-5-23-16-7-6-14(11(2)19(16)21-22-23)15(9-18(24)25-4)17-8-13(10-20)12(3)26-17/h6-8,15H,5,9-10H2,1-4H3. The van der Waals surface area contributed by atoms with Gasteiger partial charge in [-0.05, 0) is 49.6 Å². The number of methoxy groups -OCH3 is 1. The fourth-order valence-corrected chi connectivity index (χ4v) is 4.78. The third-order valence-electron chi connectivity index (χ3n) is 4.78. The Bertz CT molecular complexity index is 948. The second kappa shape index (κ2) is 7.76. The maximum atomic E-state index is 12.1. The number of hydrogen-bond donors (Lipinski definition) is 0. The van der Waals surface area contributed by atoms with E-state index in [1.54, 1.807) is 11.3 Å². The lowest BCUT2D eigenvalue weighted by Gasteiger charge is -2.17. The van der Waals surface area contributed by atoms with Gasteiger partial charge in [0.05, 0.1) is 19.0 Å². The molecule has 138 valence electrons. The Hall–Kier alpha value is -1.92. The van der Waals surface area contributed by atoms with Crippen molar-refractivity contribution in [1.82, 2.24) is 15.0 Å². The molecule has 0 amide bonds. The number of ether oxygens (including phenoxy) is 1. The van der Waals surface area contributed by atoms with Crippen molar-refractivity contribution in [2.75, 3.05) is 7.11 Å². The maximum absolute atomic E-state index is 12.1. The first-order valence-electron chi connectivity index (χ1n) is 8.54. The zero-order valence-electron chi connectivity index (χ0n) is 15.4. The number of esters is 1. The van der Waals surface area contributed by atoms with Crippen molar-refractivity contribution < 1.29 is 9.53 Å². The number of thiophene rings is 1. The summed E-state index contributed by atoms with van der Waals surface area (Å²) in [5.74, 6) is 0.153. The zero-order chi connectivity index (χ0) is 18.8. The number of fused-ring (bicyclic) bond motifs is 1. The van der Waals surface area contributed by atoms with Gasteiger partial charge in [-0.3, -0.25) is 4.79 Å². The summed E-state index contributed by atoms with van der Waals surface area (Å²) in [6.45, 7) is 6.91. The van der Waals surface area contributed by atoms with Gasteiger partial charge in [0.25, 0.3) is 0 Å². The van der Waals surface area contributed by atoms with Gasteiger partial charge in [0.1, 0.15) is 5.52 Å². The lowest BCUT2D eigenvalue weighted by molar-refractivity contribution is -0.140. The van der Waals surface area contributed by atoms with E-state index < -0.39 is 0 Å². The summed E-state index contributed by atoms with van der Waals surface area (Å²) < 4.78 is 6.82. The van der Waals surface area contributed by atoms with E-state index in [0.29, 0.717) is 5.88 Å². The summed E-state index contributed by atoms with van der Waals surface area (Å²) in [4.78, 5) is 14.4. The summed E-state index contributed by atoms with van der Waals surface area (Å²) in [6, 6.07) is 6.22. The third-order valence-corrected chi connectivity index (χ3v) is 6.28. The predicted molar refractivity (Wildman–Crippen MR) is 105 cm³/mol. The summed E-state index contributed by atoms with van der Waals surface area (Å²) in [7, 11) is 1.42. The quantitative estimate of drug-likeness (QED) is 0.456. The second-order valence-electron chi connectivity index (χ2n) is 6.25. The molecule has 1 atom stereocenters. The van der Waals surface area contributed by atoms with E-state index in [-0.39, 0.29) is 18.3 Å². The van der Waals surface area contributed by atoms with E-state index in [4.69, 9.17) is 16.3 Å². The van der Waals surface area contributed by atoms with Gasteiger partial charge in [-0.1, -0.05) is 11.3 Å². The Morgan fingerprint density at radius 1 is 1.38 bits per heavy atom. The molecule has 0 aliphatic heterocycles. The highest BCUT2D eigenvalue weighted by molar-refractivity contribution is 7.12. The van der Waals surface area contributed by atoms with E-state index in [1.807, 2.05) is 24.6 Å². The summed E-state index contributed by atoms with van der Waals surface area (Å²) in [5.41, 5.74) is 5.12. The molecule has 1 aromatic carbocycles. The number of hydrogen-bond acceptors (Lipinski definition) is 5. The van der Waals surface area contributed by atoms with Crippen LogP contribution in [0.3, 0.4) is 0 Å². The fraction of sp³-hybridized carbons (Fsp3) is 0.421. The van der Waals surface area contributed by atoms with Crippen LogP contribution < -0.4 is 0 Å². The van der Waals surface area contributed by atoms with E-state index in [1.165, 1.54) is 12.0 Å². The molecule has 5 nitrogen and oxygen atoms in total. The largest absolute Gasteiger partial charge is 0.469 e. The van der Waals surface area contributed by atoms with Crippen LogP contribution in [0.4, 0.5) is 0 Å². The highest BCUT2D eigenvalue weighted by atomic mass is 35.5. The minimum absolute atomic E-state index is 0.0840. The minimum Gasteiger partial charge on any atom is -0.469 e. The van der Waals surface area contributed by atoms with Crippen LogP contribution in [0.15, 0.2) is 18.2 Å². The number of rotatable bonds is 6. The zero-order valence-corrected chi connectivity index (χ0v) is 16.9. The molecule has 0 N–H and O–H groups in total. The van der Waals surface area contributed by atoms with Crippen molar-refractivity contribution in [2.45, 2.75) is 45.5 Å². The minimum atomic E-state index is -0.231. The first-order valence-corrected chi connectivity index (χ1v) is 9.89. The first-order chi connectivity index (χ1) is 12.5. The van der Waals surface area contributed by atoms with Crippen molar-refractivity contribution >= 4 is 39.9 Å². The Kier molecular flexibility index (Phi) is 5.63. The summed E-state index contributed by atoms with van der Waals surface area (Å²) in [6.07, 6.45) is 0.284. The molecule has 1 unspecified atom stereocenters. The molecule has 0 saturated heterocycles. The number of halogens is 1. The van der Waals surface area contributed by atoms with Crippen LogP contribution in [-0.2, 0) is 22.0 Å². The van der Waals surface area contributed by atoms with Crippen LogP contribution in [0.25, 0.3) is 11.0 Å². The molecule has 0 radical (unpaired) electrons. The smallest absolute Gasteiger partial charge is 0.306 e. The molecule has 3 rings (SSSR count). The molecule has 26 heavy (non-hydrogen) atoms. The second-order valence-corrected chi connectivity index (χ2v) is 7.80. The van der Waals surface area contributed by atoms with Crippen molar-refractivity contribution in [3.8, 4) is 0 Å². The Morgan fingerprint density at radius 3 is 2.77 bits per heavy atom. The monoisotopic (exact) mass is 391 g/mol. The van der Waals surface area contributed by atoms with Gasteiger partial charge in [-0.25, -0.2) is 4.68 Å². The first kappa shape index (κ1) is 18.9. The molecule has 0 spiro atoms. The van der Waals surface area contributed by atoms with Gasteiger partial charge in [0, 0.05) is 28.1 Å². The van der Waals surface area contributed by atoms with Crippen LogP contribution in [-0.4, -0.2) is 28.1 Å². The lowest BCUT2D eigenvalue weighted by atomic mass is 9.89. The lowest BCUT2D eigenvalue weighted by Crippen LogP contribution is -2.10. The normalized spacial score (nSPS) is 12.5. The van der Waals surface area contributed by atoms with Gasteiger partial charge in [-0.15, -0.1) is 28.0 Å². The van der Waals surface area contributed by atoms with Crippen molar-refractivity contribution in [3.05, 3.63) is 44.6 Å². The number of aryl methyl sites for hydroxylation is 3. The molecular weight excluding hydrogens is 370 g/mol. The molecule has 2 heterocycles. The number of benzene rings is 1. The maximum Gasteiger partial charge on any atom is 0.306 e. The van der Waals surface area contributed by atoms with E-state index in [2.05, 4.69) is 29.4 Å². The molecule has 0 aliphatic rings. The highest BCUT2D eigenvalue weighted by Gasteiger charge is 2.25. The molecule has 0 aliphatic carbocycles. The molecule has 3 aromatic rings. The predicted octanol–water partition coefficient (Wildman–Crippen LogP) is 4.56. The molecule has 7 heteroatoms. The van der Waals surface area contributed by atoms with E-state index >= 15 is 0 Å². The average molecular weight is 392 g/mol. The molecular formula is C19H22ClN3O2S. The van der Waals surface area contributed by atoms with Crippen LogP contribution in [0.5, 0.6) is 0 Å². The van der Waals surface area contributed by atoms with Gasteiger partial charge in [0.2, 0.25) is 0 Å². The summed E-state index contributed by atoms with van der Waals surface area (Å²) in [5, 5.41) is 8.56. The number of aromatic nitrogens is 3. The third kappa shape index (κ3) is 3.35. The van der Waals surface area contributed by atoms with Crippen LogP contribution in [0, 0.1) is 13.8 Å². The molecule has 0 bridgehead atoms. The number of carbonyl (C=O) groups excluding carboxylic acids is 1. The van der Waals surface area contributed by atoms with Gasteiger partial charge < -0.3 is 4.74 Å². The fourth-order valence-electron chi connectivity index (χ4n) is 3.26. The Labute approximate surface area is 161 Å².